The van der Waals surface area contributed by atoms with Crippen LogP contribution in [0.4, 0.5) is 0 Å². The smallest absolute Gasteiger partial charge is 0.235 e. The van der Waals surface area contributed by atoms with Crippen molar-refractivity contribution in [2.24, 2.45) is 11.3 Å². The largest absolute Gasteiger partial charge is 0.285 e. The number of amides is 2. The minimum Gasteiger partial charge on any atom is -0.285 e. The van der Waals surface area contributed by atoms with Gasteiger partial charge < -0.3 is 0 Å². The maximum Gasteiger partial charge on any atom is 0.235 e. The summed E-state index contributed by atoms with van der Waals surface area (Å²) in [6, 6.07) is 0. The Kier molecular flexibility index (Phi) is 2.13. The van der Waals surface area contributed by atoms with E-state index in [1.807, 2.05) is 0 Å². The molecular formula is C11H17NO2. The minimum atomic E-state index is -0.307. The summed E-state index contributed by atoms with van der Waals surface area (Å²) in [5.41, 5.74) is -0.307. The average Bonchev–Trinajstić information content (AvgIpc) is 2.37. The third-order valence-corrected chi connectivity index (χ3v) is 3.85. The highest BCUT2D eigenvalue weighted by Crippen LogP contribution is 2.46. The summed E-state index contributed by atoms with van der Waals surface area (Å²) in [6.07, 6.45) is 4.45. The van der Waals surface area contributed by atoms with Gasteiger partial charge in [0, 0.05) is 13.5 Å². The molecule has 3 heteroatoms. The summed E-state index contributed by atoms with van der Waals surface area (Å²) in [7, 11) is 1.61. The summed E-state index contributed by atoms with van der Waals surface area (Å²) in [4.78, 5) is 24.7. The van der Waals surface area contributed by atoms with Crippen molar-refractivity contribution in [3.63, 3.8) is 0 Å². The summed E-state index contributed by atoms with van der Waals surface area (Å²) in [5.74, 6) is 0.786. The Labute approximate surface area is 84.5 Å². The highest BCUT2D eigenvalue weighted by Gasteiger charge is 2.50. The molecule has 0 N–H and O–H groups in total. The Bertz CT molecular complexity index is 277. The lowest BCUT2D eigenvalue weighted by atomic mass is 9.70. The summed E-state index contributed by atoms with van der Waals surface area (Å²) < 4.78 is 0. The van der Waals surface area contributed by atoms with Crippen LogP contribution in [0.25, 0.3) is 0 Å². The predicted molar refractivity (Wildman–Crippen MR) is 52.5 cm³/mol. The van der Waals surface area contributed by atoms with Gasteiger partial charge in [-0.2, -0.15) is 0 Å². The SMILES string of the molecule is CC1CCC2(CC1)CC(=O)N(C)C2=O. The second-order valence-electron chi connectivity index (χ2n) is 4.90. The van der Waals surface area contributed by atoms with Crippen LogP contribution in [-0.2, 0) is 9.59 Å². The molecule has 1 spiro atoms. The molecule has 3 nitrogen and oxygen atoms in total. The zero-order valence-corrected chi connectivity index (χ0v) is 8.88. The molecule has 0 aromatic heterocycles. The first kappa shape index (κ1) is 9.69. The van der Waals surface area contributed by atoms with E-state index >= 15 is 0 Å². The lowest BCUT2D eigenvalue weighted by molar-refractivity contribution is -0.140. The molecule has 1 saturated carbocycles. The van der Waals surface area contributed by atoms with E-state index in [4.69, 9.17) is 0 Å². The maximum atomic E-state index is 11.9. The zero-order valence-electron chi connectivity index (χ0n) is 8.88. The number of likely N-dealkylation sites (tertiary alicyclic amines) is 1. The topological polar surface area (TPSA) is 37.4 Å². The van der Waals surface area contributed by atoms with Gasteiger partial charge in [0.05, 0.1) is 5.41 Å². The van der Waals surface area contributed by atoms with Crippen LogP contribution in [-0.4, -0.2) is 23.8 Å². The van der Waals surface area contributed by atoms with Crippen molar-refractivity contribution in [3.05, 3.63) is 0 Å². The Morgan fingerprint density at radius 2 is 1.86 bits per heavy atom. The Morgan fingerprint density at radius 1 is 1.29 bits per heavy atom. The van der Waals surface area contributed by atoms with Gasteiger partial charge >= 0.3 is 0 Å². The quantitative estimate of drug-likeness (QED) is 0.550. The molecule has 78 valence electrons. The number of carbonyl (C=O) groups is 2. The van der Waals surface area contributed by atoms with Gasteiger partial charge in [-0.15, -0.1) is 0 Å². The third kappa shape index (κ3) is 1.26. The van der Waals surface area contributed by atoms with Gasteiger partial charge in [-0.05, 0) is 31.6 Å². The molecule has 0 bridgehead atoms. The van der Waals surface area contributed by atoms with Gasteiger partial charge in [0.1, 0.15) is 0 Å². The van der Waals surface area contributed by atoms with Crippen molar-refractivity contribution >= 4 is 11.8 Å². The number of rotatable bonds is 0. The van der Waals surface area contributed by atoms with E-state index in [0.29, 0.717) is 6.42 Å². The fraction of sp³-hybridized carbons (Fsp3) is 0.818. The normalized spacial score (nSPS) is 38.4. The monoisotopic (exact) mass is 195 g/mol. The van der Waals surface area contributed by atoms with Crippen molar-refractivity contribution < 1.29 is 9.59 Å². The van der Waals surface area contributed by atoms with Gasteiger partial charge in [-0.3, -0.25) is 14.5 Å². The van der Waals surface area contributed by atoms with Crippen molar-refractivity contribution in [2.45, 2.75) is 39.0 Å². The molecule has 0 aromatic carbocycles. The van der Waals surface area contributed by atoms with Gasteiger partial charge in [0.15, 0.2) is 0 Å². The van der Waals surface area contributed by atoms with Gasteiger partial charge in [0.25, 0.3) is 0 Å². The van der Waals surface area contributed by atoms with E-state index in [2.05, 4.69) is 6.92 Å². The summed E-state index contributed by atoms with van der Waals surface area (Å²) >= 11 is 0. The molecule has 2 amide bonds. The number of hydrogen-bond donors (Lipinski definition) is 0. The number of imide groups is 1. The minimum absolute atomic E-state index is 0.00422. The average molecular weight is 195 g/mol. The van der Waals surface area contributed by atoms with Crippen LogP contribution in [0.1, 0.15) is 39.0 Å². The van der Waals surface area contributed by atoms with Crippen LogP contribution < -0.4 is 0 Å². The molecular weight excluding hydrogens is 178 g/mol. The van der Waals surface area contributed by atoms with E-state index in [1.54, 1.807) is 7.05 Å². The van der Waals surface area contributed by atoms with E-state index < -0.39 is 0 Å². The Hall–Kier alpha value is -0.860. The summed E-state index contributed by atoms with van der Waals surface area (Å²) in [5, 5.41) is 0. The van der Waals surface area contributed by atoms with Crippen LogP contribution in [0.15, 0.2) is 0 Å². The van der Waals surface area contributed by atoms with Crippen LogP contribution in [0.2, 0.25) is 0 Å². The van der Waals surface area contributed by atoms with Crippen molar-refractivity contribution in [2.75, 3.05) is 7.05 Å². The first-order chi connectivity index (χ1) is 6.55. The summed E-state index contributed by atoms with van der Waals surface area (Å²) in [6.45, 7) is 2.22. The molecule has 1 aliphatic carbocycles. The highest BCUT2D eigenvalue weighted by atomic mass is 16.2. The fourth-order valence-corrected chi connectivity index (χ4v) is 2.66. The van der Waals surface area contributed by atoms with Gasteiger partial charge in [-0.1, -0.05) is 6.92 Å². The molecule has 1 saturated heterocycles. The second-order valence-corrected chi connectivity index (χ2v) is 4.90. The van der Waals surface area contributed by atoms with Crippen LogP contribution >= 0.6 is 0 Å². The fourth-order valence-electron chi connectivity index (χ4n) is 2.66. The van der Waals surface area contributed by atoms with Crippen molar-refractivity contribution in [1.29, 1.82) is 0 Å². The molecule has 14 heavy (non-hydrogen) atoms. The first-order valence-corrected chi connectivity index (χ1v) is 5.36. The first-order valence-electron chi connectivity index (χ1n) is 5.36. The van der Waals surface area contributed by atoms with E-state index in [0.717, 1.165) is 31.6 Å². The molecule has 0 atom stereocenters. The van der Waals surface area contributed by atoms with E-state index in [-0.39, 0.29) is 17.2 Å². The molecule has 2 aliphatic rings. The van der Waals surface area contributed by atoms with Gasteiger partial charge in [0.2, 0.25) is 11.8 Å². The van der Waals surface area contributed by atoms with Crippen molar-refractivity contribution in [3.8, 4) is 0 Å². The Balaban J connectivity index is 2.18. The number of nitrogens with zero attached hydrogens (tertiary/aromatic N) is 1. The standard InChI is InChI=1S/C11H17NO2/c1-8-3-5-11(6-4-8)7-9(13)12(2)10(11)14/h8H,3-7H2,1-2H3. The number of carbonyl (C=O) groups excluding carboxylic acids is 2. The predicted octanol–water partition coefficient (Wildman–Crippen LogP) is 1.57. The lowest BCUT2D eigenvalue weighted by Crippen LogP contribution is -2.35. The molecule has 0 radical (unpaired) electrons. The zero-order chi connectivity index (χ0) is 10.3. The van der Waals surface area contributed by atoms with Crippen LogP contribution in [0, 0.1) is 11.3 Å². The molecule has 1 heterocycles. The molecule has 2 rings (SSSR count). The third-order valence-electron chi connectivity index (χ3n) is 3.85. The molecule has 2 fully saturated rings. The molecule has 1 aliphatic heterocycles. The number of hydrogen-bond acceptors (Lipinski definition) is 2. The molecule has 0 unspecified atom stereocenters. The lowest BCUT2D eigenvalue weighted by Gasteiger charge is -2.33. The van der Waals surface area contributed by atoms with E-state index in [1.165, 1.54) is 4.90 Å². The highest BCUT2D eigenvalue weighted by molar-refractivity contribution is 6.05. The molecule has 0 aromatic rings. The maximum absolute atomic E-state index is 11.9. The van der Waals surface area contributed by atoms with Crippen LogP contribution in [0.5, 0.6) is 0 Å². The Morgan fingerprint density at radius 3 is 2.29 bits per heavy atom. The second kappa shape index (κ2) is 3.07. The van der Waals surface area contributed by atoms with Crippen LogP contribution in [0.3, 0.4) is 0 Å². The van der Waals surface area contributed by atoms with Gasteiger partial charge in [-0.25, -0.2) is 0 Å². The van der Waals surface area contributed by atoms with E-state index in [9.17, 15) is 9.59 Å². The van der Waals surface area contributed by atoms with Crippen molar-refractivity contribution in [1.82, 2.24) is 4.90 Å².